The van der Waals surface area contributed by atoms with Gasteiger partial charge in [0.05, 0.1) is 11.6 Å². The van der Waals surface area contributed by atoms with Gasteiger partial charge in [0.1, 0.15) is 11.6 Å². The van der Waals surface area contributed by atoms with Crippen LogP contribution >= 0.6 is 11.6 Å². The highest BCUT2D eigenvalue weighted by atomic mass is 35.5. The first-order valence-corrected chi connectivity index (χ1v) is 13.6. The molecule has 0 fully saturated rings. The normalized spacial score (nSPS) is 22.7. The minimum atomic E-state index is -5.07. The van der Waals surface area contributed by atoms with Gasteiger partial charge in [-0.3, -0.25) is 9.36 Å². The molecule has 4 aromatic rings. The summed E-state index contributed by atoms with van der Waals surface area (Å²) in [6.07, 6.45) is -5.07. The maximum atomic E-state index is 15.4. The van der Waals surface area contributed by atoms with Crippen molar-refractivity contribution in [2.24, 2.45) is 5.92 Å². The largest absolute Gasteiger partial charge is 0.508 e. The lowest BCUT2D eigenvalue weighted by Gasteiger charge is -2.49. The number of pyridine rings is 1. The molecule has 1 aliphatic carbocycles. The molecule has 0 saturated carbocycles. The van der Waals surface area contributed by atoms with Crippen LogP contribution in [0.1, 0.15) is 62.3 Å². The zero-order chi connectivity index (χ0) is 30.0. The molecule has 1 aromatic heterocycles. The van der Waals surface area contributed by atoms with Crippen LogP contribution in [0.15, 0.2) is 65.5 Å². The number of phenolic OH excluding ortho intramolecular Hbond substituents is 1. The highest BCUT2D eigenvalue weighted by Gasteiger charge is 2.65. The van der Waals surface area contributed by atoms with E-state index in [1.165, 1.54) is 49.4 Å². The van der Waals surface area contributed by atoms with Gasteiger partial charge in [-0.25, -0.2) is 4.39 Å². The highest BCUT2D eigenvalue weighted by molar-refractivity contribution is 6.30. The van der Waals surface area contributed by atoms with Crippen molar-refractivity contribution >= 4 is 28.2 Å². The second-order valence-corrected chi connectivity index (χ2v) is 11.5. The van der Waals surface area contributed by atoms with Crippen LogP contribution in [0.2, 0.25) is 5.02 Å². The predicted molar refractivity (Wildman–Crippen MR) is 152 cm³/mol. The number of fused-ring (bicyclic) bond motifs is 2. The summed E-state index contributed by atoms with van der Waals surface area (Å²) >= 11 is 5.99. The van der Waals surface area contributed by atoms with E-state index >= 15 is 4.39 Å². The van der Waals surface area contributed by atoms with Crippen LogP contribution in [0.3, 0.4) is 0 Å². The average Bonchev–Trinajstić information content (AvgIpc) is 2.90. The Morgan fingerprint density at radius 2 is 1.68 bits per heavy atom. The molecule has 0 amide bonds. The molecule has 0 unspecified atom stereocenters. The van der Waals surface area contributed by atoms with E-state index in [0.29, 0.717) is 21.8 Å². The number of benzene rings is 3. The number of nitrogens with one attached hydrogen (secondary N) is 1. The summed E-state index contributed by atoms with van der Waals surface area (Å²) in [6.45, 7) is 6.53. The smallest absolute Gasteiger partial charge is 0.419 e. The Balaban J connectivity index is 1.78. The molecule has 0 bridgehead atoms. The number of aromatic nitrogens is 1. The molecule has 5 rings (SSSR count). The fourth-order valence-electron chi connectivity index (χ4n) is 5.94. The van der Waals surface area contributed by atoms with Crippen molar-refractivity contribution < 1.29 is 27.8 Å². The van der Waals surface area contributed by atoms with E-state index in [9.17, 15) is 28.2 Å². The van der Waals surface area contributed by atoms with Gasteiger partial charge in [0.25, 0.3) is 5.56 Å². The highest BCUT2D eigenvalue weighted by Crippen LogP contribution is 2.57. The second-order valence-electron chi connectivity index (χ2n) is 11.0. The van der Waals surface area contributed by atoms with Crippen molar-refractivity contribution in [1.29, 1.82) is 0 Å². The third kappa shape index (κ3) is 4.55. The van der Waals surface area contributed by atoms with E-state index in [2.05, 4.69) is 5.32 Å². The number of phenols is 1. The van der Waals surface area contributed by atoms with Crippen LogP contribution in [0.4, 0.5) is 23.2 Å². The molecule has 0 spiro atoms. The number of aliphatic hydroxyl groups is 1. The second kappa shape index (κ2) is 10.1. The molecule has 1 heterocycles. The Labute approximate surface area is 239 Å². The number of hydrogen-bond acceptors (Lipinski definition) is 4. The van der Waals surface area contributed by atoms with Crippen molar-refractivity contribution in [1.82, 2.24) is 4.57 Å². The fourth-order valence-corrected chi connectivity index (χ4v) is 6.06. The number of rotatable bonds is 4. The quantitative estimate of drug-likeness (QED) is 0.213. The van der Waals surface area contributed by atoms with E-state index in [4.69, 9.17) is 11.6 Å². The molecule has 3 aromatic carbocycles. The molecule has 0 saturated heterocycles. The van der Waals surface area contributed by atoms with Crippen molar-refractivity contribution in [3.8, 4) is 11.4 Å². The van der Waals surface area contributed by atoms with Crippen LogP contribution in [0.5, 0.6) is 5.75 Å². The number of hydrogen-bond donors (Lipinski definition) is 3. The molecule has 4 atom stereocenters. The number of alkyl halides is 3. The minimum Gasteiger partial charge on any atom is -0.508 e. The zero-order valence-electron chi connectivity index (χ0n) is 22.7. The van der Waals surface area contributed by atoms with Gasteiger partial charge in [-0.15, -0.1) is 0 Å². The third-order valence-electron chi connectivity index (χ3n) is 8.37. The minimum absolute atomic E-state index is 0.0685. The number of halogens is 5. The monoisotopic (exact) mass is 588 g/mol. The molecule has 10 heteroatoms. The standard InChI is InChI=1S/C31H29ClF4N2O3/c1-15(2)18-13-22-27(25(39)14-18)16(3)17(4)30(41,31(34,35)36)29(22)37-24-11-10-23(33)28-21(24)9-12-26(40)38(28)20-7-5-19(32)6-8-20/h5-17,29,37,39,41H,1-4H3/t16-,17+,29+,30-/m0/s1. The first-order valence-electron chi connectivity index (χ1n) is 13.2. The summed E-state index contributed by atoms with van der Waals surface area (Å²) in [4.78, 5) is 12.9. The lowest BCUT2D eigenvalue weighted by molar-refractivity contribution is -0.289. The molecule has 216 valence electrons. The SMILES string of the molecule is CC(C)c1cc(O)c2c(c1)[C@@H](Nc1ccc(F)c3c1ccc(=O)n3-c1ccc(Cl)cc1)[C@](O)(C(F)(F)F)[C@H](C)[C@@H]2C. The van der Waals surface area contributed by atoms with E-state index in [1.54, 1.807) is 19.1 Å². The fraction of sp³-hybridized carbons (Fsp3) is 0.323. The maximum absolute atomic E-state index is 15.4. The molecule has 1 aliphatic rings. The van der Waals surface area contributed by atoms with E-state index in [1.807, 2.05) is 13.8 Å². The van der Waals surface area contributed by atoms with Gasteiger partial charge in [-0.1, -0.05) is 45.4 Å². The van der Waals surface area contributed by atoms with Gasteiger partial charge in [-0.2, -0.15) is 13.2 Å². The summed E-state index contributed by atoms with van der Waals surface area (Å²) in [5.74, 6) is -3.24. The van der Waals surface area contributed by atoms with Gasteiger partial charge in [0, 0.05) is 39.3 Å². The van der Waals surface area contributed by atoms with Gasteiger partial charge in [0.2, 0.25) is 0 Å². The van der Waals surface area contributed by atoms with Crippen LogP contribution in [-0.4, -0.2) is 26.6 Å². The van der Waals surface area contributed by atoms with Crippen molar-refractivity contribution in [2.75, 3.05) is 5.32 Å². The van der Waals surface area contributed by atoms with E-state index in [0.717, 1.165) is 10.6 Å². The first-order chi connectivity index (χ1) is 19.2. The summed E-state index contributed by atoms with van der Waals surface area (Å²) in [7, 11) is 0. The van der Waals surface area contributed by atoms with Gasteiger partial charge < -0.3 is 15.5 Å². The van der Waals surface area contributed by atoms with Crippen LogP contribution in [-0.2, 0) is 0 Å². The van der Waals surface area contributed by atoms with E-state index < -0.39 is 41.0 Å². The Morgan fingerprint density at radius 3 is 2.29 bits per heavy atom. The molecular formula is C31H29ClF4N2O3. The molecule has 0 radical (unpaired) electrons. The Morgan fingerprint density at radius 1 is 1.02 bits per heavy atom. The number of nitrogens with zero attached hydrogens (tertiary/aromatic N) is 1. The zero-order valence-corrected chi connectivity index (χ0v) is 23.5. The van der Waals surface area contributed by atoms with Crippen LogP contribution in [0.25, 0.3) is 16.6 Å². The average molecular weight is 589 g/mol. The van der Waals surface area contributed by atoms with Crippen molar-refractivity contribution in [3.63, 3.8) is 0 Å². The first kappa shape index (κ1) is 29.0. The summed E-state index contributed by atoms with van der Waals surface area (Å²) in [5, 5.41) is 25.9. The summed E-state index contributed by atoms with van der Waals surface area (Å²) < 4.78 is 61.0. The van der Waals surface area contributed by atoms with Gasteiger partial charge in [-0.05, 0) is 71.5 Å². The molecule has 3 N–H and O–H groups in total. The molecule has 41 heavy (non-hydrogen) atoms. The molecule has 5 nitrogen and oxygen atoms in total. The Bertz CT molecular complexity index is 1700. The number of anilines is 1. The topological polar surface area (TPSA) is 74.5 Å². The molecule has 0 aliphatic heterocycles. The van der Waals surface area contributed by atoms with Crippen molar-refractivity contribution in [2.45, 2.75) is 57.3 Å². The Hall–Kier alpha value is -3.56. The van der Waals surface area contributed by atoms with E-state index in [-0.39, 0.29) is 33.8 Å². The van der Waals surface area contributed by atoms with Crippen LogP contribution in [0, 0.1) is 11.7 Å². The van der Waals surface area contributed by atoms with Gasteiger partial charge >= 0.3 is 6.18 Å². The Kier molecular flexibility index (Phi) is 7.11. The summed E-state index contributed by atoms with van der Waals surface area (Å²) in [6, 6.07) is 12.3. The summed E-state index contributed by atoms with van der Waals surface area (Å²) in [5.41, 5.74) is -2.59. The van der Waals surface area contributed by atoms with Crippen molar-refractivity contribution in [3.05, 3.63) is 98.5 Å². The maximum Gasteiger partial charge on any atom is 0.419 e. The molecular weight excluding hydrogens is 560 g/mol. The van der Waals surface area contributed by atoms with Crippen LogP contribution < -0.4 is 10.9 Å². The van der Waals surface area contributed by atoms with Gasteiger partial charge in [0.15, 0.2) is 5.60 Å². The third-order valence-corrected chi connectivity index (χ3v) is 8.62. The lowest BCUT2D eigenvalue weighted by Crippen LogP contribution is -2.60. The predicted octanol–water partition coefficient (Wildman–Crippen LogP) is 7.81. The number of aromatic hydroxyl groups is 1. The lowest BCUT2D eigenvalue weighted by atomic mass is 9.63.